The van der Waals surface area contributed by atoms with Crippen LogP contribution in [0.2, 0.25) is 0 Å². The van der Waals surface area contributed by atoms with Crippen molar-refractivity contribution in [1.82, 2.24) is 4.90 Å². The molecule has 2 aliphatic heterocycles. The Hall–Kier alpha value is -1.30. The Morgan fingerprint density at radius 2 is 1.73 bits per heavy atom. The van der Waals surface area contributed by atoms with Crippen molar-refractivity contribution in [2.45, 2.75) is 156 Å². The van der Waals surface area contributed by atoms with Crippen molar-refractivity contribution < 1.29 is 43.9 Å². The summed E-state index contributed by atoms with van der Waals surface area (Å²) >= 11 is 0. The van der Waals surface area contributed by atoms with Crippen LogP contribution in [0.5, 0.6) is 0 Å². The molecule has 2 spiro atoms. The van der Waals surface area contributed by atoms with Crippen LogP contribution < -0.4 is 0 Å². The van der Waals surface area contributed by atoms with Gasteiger partial charge in [0.15, 0.2) is 12.4 Å². The van der Waals surface area contributed by atoms with E-state index in [1.165, 1.54) is 19.8 Å². The van der Waals surface area contributed by atoms with Crippen molar-refractivity contribution in [2.24, 2.45) is 50.7 Å². The number of carbonyl (C=O) groups is 2. The average molecular weight is 690 g/mol. The number of esters is 1. The van der Waals surface area contributed by atoms with Gasteiger partial charge in [-0.1, -0.05) is 34.6 Å². The van der Waals surface area contributed by atoms with E-state index in [1.807, 2.05) is 0 Å². The van der Waals surface area contributed by atoms with Gasteiger partial charge in [0, 0.05) is 32.0 Å². The summed E-state index contributed by atoms with van der Waals surface area (Å²) in [5.41, 5.74) is -1.22. The number of aliphatic carboxylic acids is 1. The number of aliphatic hydroxyl groups excluding tert-OH is 1. The molecule has 5 aliphatic carbocycles. The second-order valence-corrected chi connectivity index (χ2v) is 19.1. The highest BCUT2D eigenvalue weighted by Gasteiger charge is 2.84. The van der Waals surface area contributed by atoms with Gasteiger partial charge in [-0.2, -0.15) is 0 Å². The topological polar surface area (TPSA) is 135 Å². The van der Waals surface area contributed by atoms with Gasteiger partial charge in [-0.25, -0.2) is 0 Å². The fourth-order valence-electron chi connectivity index (χ4n) is 14.0. The lowest BCUT2D eigenvalue weighted by Gasteiger charge is -2.64. The van der Waals surface area contributed by atoms with Gasteiger partial charge < -0.3 is 34.3 Å². The molecule has 7 rings (SSSR count). The lowest BCUT2D eigenvalue weighted by atomic mass is 9.41. The summed E-state index contributed by atoms with van der Waals surface area (Å²) < 4.78 is 25.4. The molecule has 7 aliphatic rings. The molecule has 49 heavy (non-hydrogen) atoms. The maximum Gasteiger partial charge on any atom is 0.304 e. The van der Waals surface area contributed by atoms with Gasteiger partial charge in [0.25, 0.3) is 0 Å². The minimum atomic E-state index is -1.27. The number of fused-ring (bicyclic) bond motifs is 4. The molecule has 0 radical (unpaired) electrons. The lowest BCUT2D eigenvalue weighted by Crippen LogP contribution is -2.60. The van der Waals surface area contributed by atoms with E-state index < -0.39 is 35.9 Å². The summed E-state index contributed by atoms with van der Waals surface area (Å²) in [5, 5.41) is 32.8. The van der Waals surface area contributed by atoms with E-state index in [0.717, 1.165) is 38.6 Å². The van der Waals surface area contributed by atoms with Crippen LogP contribution in [0, 0.1) is 50.7 Å². The average Bonchev–Trinajstić information content (AvgIpc) is 3.64. The molecule has 0 aromatic rings. The maximum atomic E-state index is 12.6. The fourth-order valence-corrected chi connectivity index (χ4v) is 14.0. The molecule has 14 unspecified atom stereocenters. The van der Waals surface area contributed by atoms with E-state index in [2.05, 4.69) is 39.5 Å². The van der Waals surface area contributed by atoms with Crippen molar-refractivity contribution >= 4 is 11.9 Å². The van der Waals surface area contributed by atoms with Gasteiger partial charge >= 0.3 is 11.9 Å². The van der Waals surface area contributed by atoms with E-state index in [-0.39, 0.29) is 63.8 Å². The summed E-state index contributed by atoms with van der Waals surface area (Å²) in [7, 11) is 0. The maximum absolute atomic E-state index is 12.6. The van der Waals surface area contributed by atoms with Crippen molar-refractivity contribution in [3.8, 4) is 0 Å². The zero-order valence-electron chi connectivity index (χ0n) is 31.2. The molecule has 2 saturated heterocycles. The first-order chi connectivity index (χ1) is 22.8. The first-order valence-electron chi connectivity index (χ1n) is 19.3. The third-order valence-corrected chi connectivity index (χ3v) is 16.2. The number of ether oxygens (including phenoxy) is 4. The van der Waals surface area contributed by atoms with Gasteiger partial charge in [0.2, 0.25) is 0 Å². The predicted molar refractivity (Wildman–Crippen MR) is 181 cm³/mol. The minimum absolute atomic E-state index is 0.0307. The zero-order chi connectivity index (χ0) is 35.5. The molecule has 0 aromatic heterocycles. The zero-order valence-corrected chi connectivity index (χ0v) is 31.2. The third-order valence-electron chi connectivity index (χ3n) is 16.2. The smallest absolute Gasteiger partial charge is 0.304 e. The number of hydrogen-bond donors (Lipinski definition) is 3. The van der Waals surface area contributed by atoms with Crippen LogP contribution in [0.25, 0.3) is 0 Å². The summed E-state index contributed by atoms with van der Waals surface area (Å²) in [6, 6.07) is 0. The molecular weight excluding hydrogens is 626 g/mol. The van der Waals surface area contributed by atoms with E-state index in [1.54, 1.807) is 13.8 Å². The quantitative estimate of drug-likeness (QED) is 0.298. The Kier molecular flexibility index (Phi) is 8.73. The number of carboxylic acid groups (broad SMARTS) is 1. The number of morpholine rings is 1. The molecule has 0 bridgehead atoms. The molecule has 5 saturated carbocycles. The van der Waals surface area contributed by atoms with Crippen LogP contribution in [-0.2, 0) is 28.5 Å². The normalized spacial score (nSPS) is 49.4. The van der Waals surface area contributed by atoms with Gasteiger partial charge in [0.1, 0.15) is 0 Å². The lowest BCUT2D eigenvalue weighted by molar-refractivity contribution is -0.249. The number of carboxylic acids is 1. The number of nitrogens with zero attached hydrogens (tertiary/aromatic N) is 1. The van der Waals surface area contributed by atoms with Gasteiger partial charge in [-0.05, 0) is 111 Å². The van der Waals surface area contributed by atoms with Crippen molar-refractivity contribution in [3.63, 3.8) is 0 Å². The highest BCUT2D eigenvalue weighted by molar-refractivity contribution is 5.67. The molecule has 0 aromatic carbocycles. The Morgan fingerprint density at radius 1 is 1.04 bits per heavy atom. The summed E-state index contributed by atoms with van der Waals surface area (Å²) in [4.78, 5) is 25.4. The molecule has 14 atom stereocenters. The highest BCUT2D eigenvalue weighted by atomic mass is 16.7. The van der Waals surface area contributed by atoms with Crippen LogP contribution in [0.4, 0.5) is 0 Å². The van der Waals surface area contributed by atoms with E-state index in [0.29, 0.717) is 38.0 Å². The predicted octanol–water partition coefficient (Wildman–Crippen LogP) is 5.02. The SMILES string of the molecule is CC(=O)OC(C1CC(C)C2C(O1)C(O)C1(C)C3CCC4C(C)(C)C(OC5CN(CCC(=O)O)CCO5)CCC45CC35CCC21C)C(C)(C)O. The first kappa shape index (κ1) is 36.1. The highest BCUT2D eigenvalue weighted by Crippen LogP contribution is 2.89. The molecule has 3 N–H and O–H groups in total. The van der Waals surface area contributed by atoms with Crippen LogP contribution in [-0.4, -0.2) is 101 Å². The Balaban J connectivity index is 1.10. The molecule has 2 heterocycles. The number of carbonyl (C=O) groups excluding carboxylic acids is 1. The number of rotatable bonds is 8. The van der Waals surface area contributed by atoms with Crippen LogP contribution in [0.1, 0.15) is 113 Å². The van der Waals surface area contributed by atoms with E-state index >= 15 is 0 Å². The Morgan fingerprint density at radius 3 is 2.41 bits per heavy atom. The van der Waals surface area contributed by atoms with Crippen molar-refractivity contribution in [2.75, 3.05) is 26.2 Å². The first-order valence-corrected chi connectivity index (χ1v) is 19.3. The van der Waals surface area contributed by atoms with Crippen molar-refractivity contribution in [3.05, 3.63) is 0 Å². The molecule has 278 valence electrons. The standard InChI is InChI=1S/C39H63NO9/c1-22-19-24(33(35(5,6)45)47-23(2)41)48-31-30(22)36(7)14-15-39-21-38(39)13-11-27(49-29-20-40(17-18-46-29)16-12-28(42)43)34(3,4)25(38)9-10-26(39)37(36,8)32(31)44/h22,24-27,29-33,44-45H,9-21H2,1-8H3,(H,42,43). The van der Waals surface area contributed by atoms with Crippen LogP contribution >= 0.6 is 0 Å². The van der Waals surface area contributed by atoms with Crippen LogP contribution in [0.3, 0.4) is 0 Å². The third kappa shape index (κ3) is 5.22. The minimum Gasteiger partial charge on any atom is -0.481 e. The van der Waals surface area contributed by atoms with Gasteiger partial charge in [-0.15, -0.1) is 0 Å². The Bertz CT molecular complexity index is 1320. The second kappa shape index (κ2) is 11.9. The van der Waals surface area contributed by atoms with E-state index in [4.69, 9.17) is 18.9 Å². The summed E-state index contributed by atoms with van der Waals surface area (Å²) in [5.74, 6) is 0.168. The van der Waals surface area contributed by atoms with Crippen molar-refractivity contribution in [1.29, 1.82) is 0 Å². The van der Waals surface area contributed by atoms with Gasteiger partial charge in [-0.3, -0.25) is 14.5 Å². The number of aliphatic hydroxyl groups is 2. The molecule has 0 amide bonds. The number of hydrogen-bond acceptors (Lipinski definition) is 9. The summed E-state index contributed by atoms with van der Waals surface area (Å²) in [6.45, 7) is 19.0. The molecule has 10 nitrogen and oxygen atoms in total. The molecule has 7 fully saturated rings. The molecular formula is C39H63NO9. The monoisotopic (exact) mass is 689 g/mol. The fraction of sp³-hybridized carbons (Fsp3) is 0.949. The van der Waals surface area contributed by atoms with Crippen LogP contribution in [0.15, 0.2) is 0 Å². The largest absolute Gasteiger partial charge is 0.481 e. The molecule has 10 heteroatoms. The van der Waals surface area contributed by atoms with E-state index in [9.17, 15) is 24.9 Å². The summed E-state index contributed by atoms with van der Waals surface area (Å²) in [6.07, 6.45) is 6.12. The second-order valence-electron chi connectivity index (χ2n) is 19.1. The Labute approximate surface area is 292 Å². The van der Waals surface area contributed by atoms with Gasteiger partial charge in [0.05, 0.1) is 43.0 Å².